The summed E-state index contributed by atoms with van der Waals surface area (Å²) in [5, 5.41) is 36.5. The number of methoxy groups -OCH3 is 1. The summed E-state index contributed by atoms with van der Waals surface area (Å²) in [5.41, 5.74) is 10.4. The fourth-order valence-corrected chi connectivity index (χ4v) is 7.40. The zero-order chi connectivity index (χ0) is 28.6. The van der Waals surface area contributed by atoms with Crippen LogP contribution in [0.4, 0.5) is 0 Å². The number of aromatic hydroxyl groups is 2. The molecule has 6 atom stereocenters. The number of likely N-dealkylation sites (N-methyl/N-ethyl adjacent to an activating group) is 1. The molecule has 2 bridgehead atoms. The summed E-state index contributed by atoms with van der Waals surface area (Å²) in [4.78, 5) is 17.0. The highest BCUT2D eigenvalue weighted by Crippen LogP contribution is 2.58. The minimum atomic E-state index is -0.714. The number of nitriles is 1. The van der Waals surface area contributed by atoms with E-state index in [1.54, 1.807) is 21.0 Å². The van der Waals surface area contributed by atoms with E-state index in [4.69, 9.17) is 19.9 Å². The Morgan fingerprint density at radius 1 is 1.23 bits per heavy atom. The van der Waals surface area contributed by atoms with Gasteiger partial charge in [0.25, 0.3) is 0 Å². The Morgan fingerprint density at radius 3 is 2.62 bits per heavy atom. The summed E-state index contributed by atoms with van der Waals surface area (Å²) in [6.07, 6.45) is 0.955. The Hall–Kier alpha value is -3.72. The molecule has 1 fully saturated rings. The third-order valence-corrected chi connectivity index (χ3v) is 9.17. The zero-order valence-corrected chi connectivity index (χ0v) is 23.3. The Labute approximate surface area is 233 Å². The van der Waals surface area contributed by atoms with Crippen LogP contribution < -0.4 is 25.3 Å². The summed E-state index contributed by atoms with van der Waals surface area (Å²) < 4.78 is 17.3. The first-order chi connectivity index (χ1) is 19.1. The van der Waals surface area contributed by atoms with Gasteiger partial charge in [-0.05, 0) is 51.8 Å². The highest BCUT2D eigenvalue weighted by molar-refractivity contribution is 5.81. The lowest BCUT2D eigenvalue weighted by Gasteiger charge is -2.60. The molecular formula is C29H35N5O6. The summed E-state index contributed by atoms with van der Waals surface area (Å²) in [6.45, 7) is 5.48. The number of fused-ring (bicyclic) bond motifs is 9. The number of rotatable bonds is 4. The van der Waals surface area contributed by atoms with Gasteiger partial charge in [0.1, 0.15) is 11.8 Å². The monoisotopic (exact) mass is 549 g/mol. The number of phenols is 2. The van der Waals surface area contributed by atoms with Crippen LogP contribution in [0.15, 0.2) is 6.07 Å². The molecule has 4 unspecified atom stereocenters. The number of amides is 1. The lowest BCUT2D eigenvalue weighted by molar-refractivity contribution is -0.123. The molecule has 0 saturated carbocycles. The smallest absolute Gasteiger partial charge is 0.236 e. The summed E-state index contributed by atoms with van der Waals surface area (Å²) in [5.74, 6) is 1.33. The number of aryl methyl sites for hydroxylation is 1. The first-order valence-corrected chi connectivity index (χ1v) is 13.6. The summed E-state index contributed by atoms with van der Waals surface area (Å²) in [6, 6.07) is 2.02. The minimum absolute atomic E-state index is 0.0183. The predicted octanol–water partition coefficient (Wildman–Crippen LogP) is 1.69. The number of nitrogens with zero attached hydrogens (tertiary/aromatic N) is 3. The molecular weight excluding hydrogens is 514 g/mol. The average molecular weight is 550 g/mol. The first kappa shape index (κ1) is 26.5. The van der Waals surface area contributed by atoms with E-state index in [0.717, 1.165) is 16.7 Å². The van der Waals surface area contributed by atoms with E-state index in [1.807, 2.05) is 20.0 Å². The van der Waals surface area contributed by atoms with E-state index in [1.165, 1.54) is 0 Å². The number of piperazine rings is 1. The van der Waals surface area contributed by atoms with Gasteiger partial charge in [0.05, 0.1) is 31.3 Å². The first-order valence-electron chi connectivity index (χ1n) is 13.6. The largest absolute Gasteiger partial charge is 0.507 e. The standard InChI is InChI=1S/C29H35N5O6/c1-12-6-15-7-17-19(9-30)34-18(23(33(17)4)21(15)25(36)26(12)38-5)8-16-22(20(34)10-32-29(37)14(3)31)28-27(39-11-40-28)13(2)24(16)35/h6,14,17-20,23,35-36H,7-8,10-11,31H2,1-5H3,(H,32,37)/t14?,17?,18-,19-,20?,23?/m0/s1. The van der Waals surface area contributed by atoms with Gasteiger partial charge in [-0.3, -0.25) is 14.6 Å². The van der Waals surface area contributed by atoms with E-state index in [2.05, 4.69) is 21.2 Å². The SMILES string of the molecule is COc1c(C)cc2c(c1O)C1[C@@H]3Cc4c(O)c(C)c5c(c4C(CNC(=O)C(C)N)N3[C@@H](C#N)C(C2)N1C)OCO5. The lowest BCUT2D eigenvalue weighted by atomic mass is 9.71. The van der Waals surface area contributed by atoms with Gasteiger partial charge >= 0.3 is 0 Å². The molecule has 1 saturated heterocycles. The number of carbonyl (C=O) groups excluding carboxylic acids is 1. The average Bonchev–Trinajstić information content (AvgIpc) is 3.41. The number of hydrogen-bond donors (Lipinski definition) is 4. The topological polar surface area (TPSA) is 154 Å². The van der Waals surface area contributed by atoms with Crippen molar-refractivity contribution in [1.82, 2.24) is 15.1 Å². The van der Waals surface area contributed by atoms with Gasteiger partial charge < -0.3 is 35.5 Å². The molecule has 4 aliphatic rings. The molecule has 5 N–H and O–H groups in total. The van der Waals surface area contributed by atoms with Crippen molar-refractivity contribution >= 4 is 5.91 Å². The van der Waals surface area contributed by atoms with Gasteiger partial charge in [-0.1, -0.05) is 6.07 Å². The molecule has 0 aromatic heterocycles. The molecule has 0 aliphatic carbocycles. The van der Waals surface area contributed by atoms with Crippen LogP contribution in [0, 0.1) is 25.2 Å². The fraction of sp³-hybridized carbons (Fsp3) is 0.517. The Bertz CT molecular complexity index is 1450. The molecule has 0 radical (unpaired) electrons. The maximum absolute atomic E-state index is 12.6. The normalized spacial score (nSPS) is 27.2. The quantitative estimate of drug-likeness (QED) is 0.443. The maximum atomic E-state index is 12.6. The number of carbonyl (C=O) groups is 1. The van der Waals surface area contributed by atoms with Gasteiger partial charge in [0.2, 0.25) is 12.7 Å². The van der Waals surface area contributed by atoms with E-state index >= 15 is 0 Å². The number of ether oxygens (including phenoxy) is 3. The van der Waals surface area contributed by atoms with E-state index in [-0.39, 0.29) is 48.9 Å². The second-order valence-electron chi connectivity index (χ2n) is 11.3. The van der Waals surface area contributed by atoms with Crippen LogP contribution in [0.1, 0.15) is 52.4 Å². The molecule has 212 valence electrons. The third-order valence-electron chi connectivity index (χ3n) is 9.17. The predicted molar refractivity (Wildman–Crippen MR) is 144 cm³/mol. The van der Waals surface area contributed by atoms with Crippen molar-refractivity contribution in [3.63, 3.8) is 0 Å². The van der Waals surface area contributed by atoms with Crippen molar-refractivity contribution in [3.8, 4) is 34.8 Å². The summed E-state index contributed by atoms with van der Waals surface area (Å²) >= 11 is 0. The van der Waals surface area contributed by atoms with E-state index < -0.39 is 18.1 Å². The molecule has 0 spiro atoms. The van der Waals surface area contributed by atoms with Crippen LogP contribution in [0.5, 0.6) is 28.7 Å². The van der Waals surface area contributed by atoms with Gasteiger partial charge in [-0.15, -0.1) is 0 Å². The second kappa shape index (κ2) is 9.44. The molecule has 11 nitrogen and oxygen atoms in total. The van der Waals surface area contributed by atoms with Crippen molar-refractivity contribution in [2.24, 2.45) is 5.73 Å². The van der Waals surface area contributed by atoms with Gasteiger partial charge in [-0.2, -0.15) is 5.26 Å². The van der Waals surface area contributed by atoms with Crippen LogP contribution >= 0.6 is 0 Å². The van der Waals surface area contributed by atoms with Crippen LogP contribution in [-0.4, -0.2) is 77.6 Å². The maximum Gasteiger partial charge on any atom is 0.236 e. The number of phenolic OH excluding ortho intramolecular Hbond substituents is 2. The lowest BCUT2D eigenvalue weighted by Crippen LogP contribution is -2.68. The van der Waals surface area contributed by atoms with Crippen molar-refractivity contribution in [1.29, 1.82) is 5.26 Å². The van der Waals surface area contributed by atoms with Crippen LogP contribution in [0.25, 0.3) is 0 Å². The molecule has 4 heterocycles. The Balaban J connectivity index is 1.58. The Kier molecular flexibility index (Phi) is 6.25. The molecule has 4 aliphatic heterocycles. The minimum Gasteiger partial charge on any atom is -0.507 e. The highest BCUT2D eigenvalue weighted by Gasteiger charge is 2.56. The number of nitrogens with two attached hydrogens (primary N) is 1. The number of nitrogens with one attached hydrogen (secondary N) is 1. The summed E-state index contributed by atoms with van der Waals surface area (Å²) in [7, 11) is 3.53. The van der Waals surface area contributed by atoms with Gasteiger partial charge in [0, 0.05) is 40.9 Å². The van der Waals surface area contributed by atoms with Gasteiger partial charge in [0.15, 0.2) is 23.0 Å². The molecule has 11 heteroatoms. The van der Waals surface area contributed by atoms with Crippen molar-refractivity contribution < 1.29 is 29.2 Å². The molecule has 2 aromatic carbocycles. The number of benzene rings is 2. The molecule has 6 rings (SSSR count). The van der Waals surface area contributed by atoms with Crippen LogP contribution in [0.2, 0.25) is 0 Å². The molecule has 2 aromatic rings. The van der Waals surface area contributed by atoms with E-state index in [0.29, 0.717) is 46.8 Å². The fourth-order valence-electron chi connectivity index (χ4n) is 7.40. The zero-order valence-electron chi connectivity index (χ0n) is 23.3. The molecule has 1 amide bonds. The van der Waals surface area contributed by atoms with Crippen LogP contribution in [-0.2, 0) is 17.6 Å². The second-order valence-corrected chi connectivity index (χ2v) is 11.3. The number of hydrogen-bond acceptors (Lipinski definition) is 10. The van der Waals surface area contributed by atoms with Crippen molar-refractivity contribution in [2.45, 2.75) is 69.9 Å². The Morgan fingerprint density at radius 2 is 1.95 bits per heavy atom. The van der Waals surface area contributed by atoms with E-state index in [9.17, 15) is 20.3 Å². The highest BCUT2D eigenvalue weighted by atomic mass is 16.7. The molecule has 40 heavy (non-hydrogen) atoms. The van der Waals surface area contributed by atoms with Crippen molar-refractivity contribution in [2.75, 3.05) is 27.5 Å². The van der Waals surface area contributed by atoms with Gasteiger partial charge in [-0.25, -0.2) is 0 Å². The third kappa shape index (κ3) is 3.56. The van der Waals surface area contributed by atoms with Crippen molar-refractivity contribution in [3.05, 3.63) is 39.4 Å². The van der Waals surface area contributed by atoms with Crippen LogP contribution in [0.3, 0.4) is 0 Å².